The smallest absolute Gasteiger partial charge is 0.150 e. The topological polar surface area (TPSA) is 90.2 Å². The van der Waals surface area contributed by atoms with E-state index in [0.717, 1.165) is 0 Å². The molecule has 1 aliphatic carbocycles. The highest BCUT2D eigenvalue weighted by molar-refractivity contribution is 5.22. The zero-order valence-corrected chi connectivity index (χ0v) is 5.71. The number of hydrogen-bond donors (Lipinski definition) is 4. The van der Waals surface area contributed by atoms with Crippen molar-refractivity contribution >= 4 is 0 Å². The molecular formula is C6H10O5. The molecule has 1 aliphatic heterocycles. The van der Waals surface area contributed by atoms with Gasteiger partial charge in [-0.2, -0.15) is 0 Å². The molecule has 4 N–H and O–H groups in total. The van der Waals surface area contributed by atoms with Crippen LogP contribution in [0.2, 0.25) is 0 Å². The summed E-state index contributed by atoms with van der Waals surface area (Å²) in [5, 5.41) is 36.6. The minimum Gasteiger partial charge on any atom is -0.388 e. The molecular weight excluding hydrogens is 152 g/mol. The lowest BCUT2D eigenvalue weighted by Crippen LogP contribution is -2.48. The van der Waals surface area contributed by atoms with Gasteiger partial charge in [-0.1, -0.05) is 0 Å². The van der Waals surface area contributed by atoms with Crippen LogP contribution >= 0.6 is 0 Å². The molecule has 0 aromatic carbocycles. The van der Waals surface area contributed by atoms with Crippen LogP contribution in [0.15, 0.2) is 0 Å². The average molecular weight is 162 g/mol. The lowest BCUT2D eigenvalue weighted by atomic mass is 10.0. The number of fused-ring (bicyclic) bond motifs is 1. The van der Waals surface area contributed by atoms with Crippen molar-refractivity contribution in [3.63, 3.8) is 0 Å². The summed E-state index contributed by atoms with van der Waals surface area (Å²) >= 11 is 0. The third-order valence-corrected chi connectivity index (χ3v) is 2.39. The van der Waals surface area contributed by atoms with Gasteiger partial charge in [0.15, 0.2) is 5.60 Å². The molecule has 1 saturated heterocycles. The van der Waals surface area contributed by atoms with E-state index < -0.39 is 30.0 Å². The number of hydrogen-bond acceptors (Lipinski definition) is 5. The summed E-state index contributed by atoms with van der Waals surface area (Å²) in [6.07, 6.45) is -4.18. The van der Waals surface area contributed by atoms with E-state index in [4.69, 9.17) is 14.9 Å². The fourth-order valence-corrected chi connectivity index (χ4v) is 1.51. The molecule has 1 heterocycles. The van der Waals surface area contributed by atoms with E-state index in [-0.39, 0.29) is 6.61 Å². The van der Waals surface area contributed by atoms with Gasteiger partial charge in [-0.25, -0.2) is 0 Å². The van der Waals surface area contributed by atoms with Crippen molar-refractivity contribution in [2.75, 3.05) is 6.61 Å². The zero-order valence-electron chi connectivity index (χ0n) is 5.71. The molecule has 0 aromatic heterocycles. The zero-order chi connectivity index (χ0) is 8.22. The Balaban J connectivity index is 2.18. The molecule has 0 amide bonds. The standard InChI is InChI=1S/C6H10O5/c7-2-1-11-5-4(9)6(5,10)3(2)8/h2-5,7-10H,1H2/t2-,3-,4?,5-,6+/m1/s1. The number of aliphatic hydroxyl groups is 4. The summed E-state index contributed by atoms with van der Waals surface area (Å²) in [6.45, 7) is -0.0365. The first-order chi connectivity index (χ1) is 5.08. The van der Waals surface area contributed by atoms with E-state index >= 15 is 0 Å². The van der Waals surface area contributed by atoms with Crippen LogP contribution in [0.5, 0.6) is 0 Å². The normalized spacial score (nSPS) is 62.2. The van der Waals surface area contributed by atoms with Crippen molar-refractivity contribution < 1.29 is 25.2 Å². The van der Waals surface area contributed by atoms with Gasteiger partial charge < -0.3 is 25.2 Å². The van der Waals surface area contributed by atoms with Crippen molar-refractivity contribution in [2.24, 2.45) is 0 Å². The van der Waals surface area contributed by atoms with Crippen LogP contribution < -0.4 is 0 Å². The molecule has 0 bridgehead atoms. The fraction of sp³-hybridized carbons (Fsp3) is 1.00. The Kier molecular flexibility index (Phi) is 1.31. The Morgan fingerprint density at radius 1 is 1.18 bits per heavy atom. The van der Waals surface area contributed by atoms with Crippen LogP contribution in [0.4, 0.5) is 0 Å². The Labute approximate surface area is 62.8 Å². The molecule has 0 aromatic rings. The van der Waals surface area contributed by atoms with Crippen molar-refractivity contribution in [2.45, 2.75) is 30.0 Å². The molecule has 5 nitrogen and oxygen atoms in total. The number of rotatable bonds is 0. The number of aliphatic hydroxyl groups excluding tert-OH is 3. The first-order valence-corrected chi connectivity index (χ1v) is 3.46. The first kappa shape index (κ1) is 7.45. The third-order valence-electron chi connectivity index (χ3n) is 2.39. The molecule has 1 unspecified atom stereocenters. The van der Waals surface area contributed by atoms with Gasteiger partial charge in [-0.05, 0) is 0 Å². The van der Waals surface area contributed by atoms with Crippen LogP contribution in [0, 0.1) is 0 Å². The van der Waals surface area contributed by atoms with Crippen LogP contribution in [-0.4, -0.2) is 57.0 Å². The van der Waals surface area contributed by atoms with E-state index in [9.17, 15) is 10.2 Å². The van der Waals surface area contributed by atoms with Gasteiger partial charge in [0.1, 0.15) is 24.4 Å². The summed E-state index contributed by atoms with van der Waals surface area (Å²) < 4.78 is 4.84. The van der Waals surface area contributed by atoms with E-state index in [0.29, 0.717) is 0 Å². The van der Waals surface area contributed by atoms with E-state index in [1.54, 1.807) is 0 Å². The van der Waals surface area contributed by atoms with Crippen molar-refractivity contribution in [3.8, 4) is 0 Å². The van der Waals surface area contributed by atoms with E-state index in [1.807, 2.05) is 0 Å². The highest BCUT2D eigenvalue weighted by Crippen LogP contribution is 2.46. The van der Waals surface area contributed by atoms with Gasteiger partial charge in [0.25, 0.3) is 0 Å². The predicted molar refractivity (Wildman–Crippen MR) is 32.7 cm³/mol. The molecule has 0 spiro atoms. The Hall–Kier alpha value is -0.200. The SMILES string of the molecule is OC1[C@H]2OC[C@@H](O)[C@@H](O)[C@]12O. The maximum atomic E-state index is 9.37. The lowest BCUT2D eigenvalue weighted by molar-refractivity contribution is -0.156. The third kappa shape index (κ3) is 0.719. The van der Waals surface area contributed by atoms with Gasteiger partial charge >= 0.3 is 0 Å². The minimum atomic E-state index is -1.63. The van der Waals surface area contributed by atoms with Crippen molar-refractivity contribution in [1.29, 1.82) is 0 Å². The van der Waals surface area contributed by atoms with E-state index in [2.05, 4.69) is 0 Å². The second kappa shape index (κ2) is 1.94. The summed E-state index contributed by atoms with van der Waals surface area (Å²) in [5.41, 5.74) is -1.63. The summed E-state index contributed by atoms with van der Waals surface area (Å²) in [7, 11) is 0. The molecule has 2 aliphatic rings. The molecule has 2 rings (SSSR count). The predicted octanol–water partition coefficient (Wildman–Crippen LogP) is -2.79. The summed E-state index contributed by atoms with van der Waals surface area (Å²) in [5.74, 6) is 0. The molecule has 5 atom stereocenters. The summed E-state index contributed by atoms with van der Waals surface area (Å²) in [6, 6.07) is 0. The highest BCUT2D eigenvalue weighted by Gasteiger charge is 2.72. The van der Waals surface area contributed by atoms with Crippen molar-refractivity contribution in [1.82, 2.24) is 0 Å². The number of ether oxygens (including phenoxy) is 1. The quantitative estimate of drug-likeness (QED) is 0.309. The van der Waals surface area contributed by atoms with E-state index in [1.165, 1.54) is 0 Å². The van der Waals surface area contributed by atoms with Crippen molar-refractivity contribution in [3.05, 3.63) is 0 Å². The first-order valence-electron chi connectivity index (χ1n) is 3.46. The van der Waals surface area contributed by atoms with Crippen LogP contribution in [0.1, 0.15) is 0 Å². The second-order valence-corrected chi connectivity index (χ2v) is 3.10. The highest BCUT2D eigenvalue weighted by atomic mass is 16.6. The maximum Gasteiger partial charge on any atom is 0.150 e. The maximum absolute atomic E-state index is 9.37. The molecule has 1 saturated carbocycles. The van der Waals surface area contributed by atoms with Gasteiger partial charge in [-0.3, -0.25) is 0 Å². The van der Waals surface area contributed by atoms with Crippen LogP contribution in [0.25, 0.3) is 0 Å². The van der Waals surface area contributed by atoms with Crippen LogP contribution in [-0.2, 0) is 4.74 Å². The van der Waals surface area contributed by atoms with Gasteiger partial charge in [0, 0.05) is 0 Å². The Morgan fingerprint density at radius 3 is 2.36 bits per heavy atom. The molecule has 5 heteroatoms. The van der Waals surface area contributed by atoms with Crippen LogP contribution in [0.3, 0.4) is 0 Å². The fourth-order valence-electron chi connectivity index (χ4n) is 1.51. The second-order valence-electron chi connectivity index (χ2n) is 3.10. The average Bonchev–Trinajstić information content (AvgIpc) is 2.50. The minimum absolute atomic E-state index is 0.0365. The Bertz CT molecular complexity index is 184. The monoisotopic (exact) mass is 162 g/mol. The van der Waals surface area contributed by atoms with Gasteiger partial charge in [0.2, 0.25) is 0 Å². The molecule has 64 valence electrons. The van der Waals surface area contributed by atoms with Gasteiger partial charge in [0.05, 0.1) is 6.61 Å². The molecule has 2 fully saturated rings. The Morgan fingerprint density at radius 2 is 1.82 bits per heavy atom. The summed E-state index contributed by atoms with van der Waals surface area (Å²) in [4.78, 5) is 0. The van der Waals surface area contributed by atoms with Gasteiger partial charge in [-0.15, -0.1) is 0 Å². The molecule has 11 heavy (non-hydrogen) atoms. The largest absolute Gasteiger partial charge is 0.388 e. The molecule has 0 radical (unpaired) electrons. The lowest BCUT2D eigenvalue weighted by Gasteiger charge is -2.27.